The van der Waals surface area contributed by atoms with Gasteiger partial charge in [-0.3, -0.25) is 4.79 Å². The lowest BCUT2D eigenvalue weighted by Crippen LogP contribution is -2.15. The molecule has 0 aliphatic heterocycles. The fourth-order valence-electron chi connectivity index (χ4n) is 2.21. The normalized spacial score (nSPS) is 10.2. The monoisotopic (exact) mass is 413 g/mol. The third kappa shape index (κ3) is 4.33. The molecule has 0 aromatic heterocycles. The van der Waals surface area contributed by atoms with E-state index in [1.54, 1.807) is 30.3 Å². The first kappa shape index (κ1) is 18.4. The van der Waals surface area contributed by atoms with Gasteiger partial charge in [0.1, 0.15) is 0 Å². The third-order valence-electron chi connectivity index (χ3n) is 3.29. The summed E-state index contributed by atoms with van der Waals surface area (Å²) < 4.78 is 16.7. The fraction of sp³-hybridized carbons (Fsp3) is 0.235. The molecule has 0 atom stereocenters. The van der Waals surface area contributed by atoms with Crippen molar-refractivity contribution in [1.29, 1.82) is 0 Å². The molecule has 0 spiro atoms. The highest BCUT2D eigenvalue weighted by atomic mass is 79.9. The average Bonchev–Trinajstić information content (AvgIpc) is 2.56. The molecule has 2 aromatic carbocycles. The Labute approximate surface area is 154 Å². The quantitative estimate of drug-likeness (QED) is 0.765. The van der Waals surface area contributed by atoms with Gasteiger partial charge in [-0.05, 0) is 35.9 Å². The van der Waals surface area contributed by atoms with Gasteiger partial charge in [0.15, 0.2) is 11.5 Å². The van der Waals surface area contributed by atoms with Gasteiger partial charge < -0.3 is 19.5 Å². The summed E-state index contributed by atoms with van der Waals surface area (Å²) in [7, 11) is 4.59. The SMILES string of the molecule is COc1cc(CC(=O)Nc2ccc(Br)cc2Cl)cc(OC)c1OC. The Hall–Kier alpha value is -1.92. The van der Waals surface area contributed by atoms with E-state index in [-0.39, 0.29) is 12.3 Å². The Kier molecular flexibility index (Phi) is 6.34. The molecule has 1 amide bonds. The van der Waals surface area contributed by atoms with E-state index in [1.165, 1.54) is 21.3 Å². The van der Waals surface area contributed by atoms with Gasteiger partial charge in [-0.25, -0.2) is 0 Å². The van der Waals surface area contributed by atoms with Crippen LogP contribution < -0.4 is 19.5 Å². The Balaban J connectivity index is 2.19. The molecule has 7 heteroatoms. The first-order valence-electron chi connectivity index (χ1n) is 7.02. The van der Waals surface area contributed by atoms with Crippen LogP contribution in [0.1, 0.15) is 5.56 Å². The number of methoxy groups -OCH3 is 3. The topological polar surface area (TPSA) is 56.8 Å². The predicted octanol–water partition coefficient (Wildman–Crippen LogP) is 4.31. The summed E-state index contributed by atoms with van der Waals surface area (Å²) in [5, 5.41) is 3.25. The second-order valence-corrected chi connectivity index (χ2v) is 6.21. The number of nitrogens with one attached hydrogen (secondary N) is 1. The standard InChI is InChI=1S/C17H17BrClNO4/c1-22-14-6-10(7-15(23-2)17(14)24-3)8-16(21)20-13-5-4-11(18)9-12(13)19/h4-7,9H,8H2,1-3H3,(H,20,21). The van der Waals surface area contributed by atoms with Crippen molar-refractivity contribution >= 4 is 39.1 Å². The van der Waals surface area contributed by atoms with Crippen LogP contribution in [-0.2, 0) is 11.2 Å². The molecule has 0 unspecified atom stereocenters. The maximum Gasteiger partial charge on any atom is 0.228 e. The van der Waals surface area contributed by atoms with Crippen molar-refractivity contribution in [2.45, 2.75) is 6.42 Å². The molecule has 24 heavy (non-hydrogen) atoms. The Bertz CT molecular complexity index is 726. The number of ether oxygens (including phenoxy) is 3. The largest absolute Gasteiger partial charge is 0.493 e. The molecule has 2 rings (SSSR count). The number of halogens is 2. The summed E-state index contributed by atoms with van der Waals surface area (Å²) in [6, 6.07) is 8.74. The summed E-state index contributed by atoms with van der Waals surface area (Å²) in [6.45, 7) is 0. The molecule has 128 valence electrons. The molecule has 0 bridgehead atoms. The molecule has 0 aliphatic rings. The molecule has 0 fully saturated rings. The predicted molar refractivity (Wildman–Crippen MR) is 97.6 cm³/mol. The summed E-state index contributed by atoms with van der Waals surface area (Å²) in [5.74, 6) is 1.29. The van der Waals surface area contributed by atoms with E-state index in [9.17, 15) is 4.79 Å². The van der Waals surface area contributed by atoms with Gasteiger partial charge in [0.05, 0.1) is 38.5 Å². The number of carbonyl (C=O) groups excluding carboxylic acids is 1. The average molecular weight is 415 g/mol. The van der Waals surface area contributed by atoms with E-state index in [4.69, 9.17) is 25.8 Å². The zero-order valence-corrected chi connectivity index (χ0v) is 15.8. The minimum absolute atomic E-state index is 0.142. The van der Waals surface area contributed by atoms with Crippen molar-refractivity contribution in [2.75, 3.05) is 26.6 Å². The van der Waals surface area contributed by atoms with E-state index in [0.717, 1.165) is 10.0 Å². The van der Waals surface area contributed by atoms with Gasteiger partial charge in [-0.2, -0.15) is 0 Å². The minimum Gasteiger partial charge on any atom is -0.493 e. The van der Waals surface area contributed by atoms with Gasteiger partial charge in [0.25, 0.3) is 0 Å². The number of hydrogen-bond donors (Lipinski definition) is 1. The second kappa shape index (κ2) is 8.26. The Morgan fingerprint density at radius 3 is 2.21 bits per heavy atom. The number of benzene rings is 2. The van der Waals surface area contributed by atoms with Crippen molar-refractivity contribution in [3.05, 3.63) is 45.4 Å². The van der Waals surface area contributed by atoms with Crippen LogP contribution in [0.3, 0.4) is 0 Å². The first-order chi connectivity index (χ1) is 11.5. The van der Waals surface area contributed by atoms with Crippen molar-refractivity contribution in [3.63, 3.8) is 0 Å². The molecule has 0 radical (unpaired) electrons. The minimum atomic E-state index is -0.200. The van der Waals surface area contributed by atoms with Crippen molar-refractivity contribution in [2.24, 2.45) is 0 Å². The maximum atomic E-state index is 12.3. The number of anilines is 1. The molecule has 0 aliphatic carbocycles. The van der Waals surface area contributed by atoms with Crippen LogP contribution in [0.5, 0.6) is 17.2 Å². The number of amides is 1. The number of carbonyl (C=O) groups is 1. The van der Waals surface area contributed by atoms with Crippen molar-refractivity contribution < 1.29 is 19.0 Å². The fourth-order valence-corrected chi connectivity index (χ4v) is 2.93. The molecule has 1 N–H and O–H groups in total. The lowest BCUT2D eigenvalue weighted by Gasteiger charge is -2.14. The van der Waals surface area contributed by atoms with Crippen LogP contribution in [0, 0.1) is 0 Å². The van der Waals surface area contributed by atoms with Crippen LogP contribution >= 0.6 is 27.5 Å². The van der Waals surface area contributed by atoms with Crippen LogP contribution in [0.4, 0.5) is 5.69 Å². The zero-order valence-electron chi connectivity index (χ0n) is 13.5. The molecule has 0 saturated carbocycles. The summed E-state index contributed by atoms with van der Waals surface area (Å²) in [5.41, 5.74) is 1.28. The summed E-state index contributed by atoms with van der Waals surface area (Å²) >= 11 is 9.44. The van der Waals surface area contributed by atoms with Crippen LogP contribution in [-0.4, -0.2) is 27.2 Å². The number of hydrogen-bond acceptors (Lipinski definition) is 4. The van der Waals surface area contributed by atoms with Crippen LogP contribution in [0.2, 0.25) is 5.02 Å². The Morgan fingerprint density at radius 1 is 1.08 bits per heavy atom. The van der Waals surface area contributed by atoms with Crippen LogP contribution in [0.25, 0.3) is 0 Å². The first-order valence-corrected chi connectivity index (χ1v) is 8.19. The second-order valence-electron chi connectivity index (χ2n) is 4.88. The smallest absolute Gasteiger partial charge is 0.228 e. The van der Waals surface area contributed by atoms with E-state index in [0.29, 0.717) is 28.0 Å². The van der Waals surface area contributed by atoms with Crippen LogP contribution in [0.15, 0.2) is 34.8 Å². The highest BCUT2D eigenvalue weighted by Crippen LogP contribution is 2.38. The summed E-state index contributed by atoms with van der Waals surface area (Å²) in [6.07, 6.45) is 0.142. The van der Waals surface area contributed by atoms with Gasteiger partial charge in [-0.15, -0.1) is 0 Å². The van der Waals surface area contributed by atoms with Gasteiger partial charge in [0, 0.05) is 4.47 Å². The molecular weight excluding hydrogens is 398 g/mol. The van der Waals surface area contributed by atoms with Crippen molar-refractivity contribution in [1.82, 2.24) is 0 Å². The van der Waals surface area contributed by atoms with E-state index >= 15 is 0 Å². The molecule has 0 heterocycles. The van der Waals surface area contributed by atoms with Crippen molar-refractivity contribution in [3.8, 4) is 17.2 Å². The number of rotatable bonds is 6. The molecule has 2 aromatic rings. The maximum absolute atomic E-state index is 12.3. The molecular formula is C17H17BrClNO4. The zero-order chi connectivity index (χ0) is 17.7. The lowest BCUT2D eigenvalue weighted by atomic mass is 10.1. The highest BCUT2D eigenvalue weighted by molar-refractivity contribution is 9.10. The summed E-state index contributed by atoms with van der Waals surface area (Å²) in [4.78, 5) is 12.3. The molecule has 0 saturated heterocycles. The molecule has 5 nitrogen and oxygen atoms in total. The van der Waals surface area contributed by atoms with Gasteiger partial charge in [-0.1, -0.05) is 27.5 Å². The lowest BCUT2D eigenvalue weighted by molar-refractivity contribution is -0.115. The van der Waals surface area contributed by atoms with Gasteiger partial charge >= 0.3 is 0 Å². The van der Waals surface area contributed by atoms with E-state index < -0.39 is 0 Å². The third-order valence-corrected chi connectivity index (χ3v) is 4.10. The highest BCUT2D eigenvalue weighted by Gasteiger charge is 2.15. The van der Waals surface area contributed by atoms with E-state index in [2.05, 4.69) is 21.2 Å². The van der Waals surface area contributed by atoms with E-state index in [1.807, 2.05) is 0 Å². The van der Waals surface area contributed by atoms with Gasteiger partial charge in [0.2, 0.25) is 11.7 Å². The Morgan fingerprint density at radius 2 is 1.71 bits per heavy atom.